The quantitative estimate of drug-likeness (QED) is 0.707. The van der Waals surface area contributed by atoms with Crippen LogP contribution in [0.15, 0.2) is 0 Å². The third-order valence-electron chi connectivity index (χ3n) is 2.99. The number of carbonyl (C=O) groups is 2. The predicted molar refractivity (Wildman–Crippen MR) is 71.2 cm³/mol. The first-order chi connectivity index (χ1) is 9.58. The molecule has 2 heterocycles. The van der Waals surface area contributed by atoms with Crippen LogP contribution < -0.4 is 5.32 Å². The van der Waals surface area contributed by atoms with E-state index in [0.29, 0.717) is 18.1 Å². The van der Waals surface area contributed by atoms with Crippen molar-refractivity contribution in [1.82, 2.24) is 30.8 Å². The number of hydrogen-bond acceptors (Lipinski definition) is 6. The van der Waals surface area contributed by atoms with Crippen LogP contribution in [0.5, 0.6) is 0 Å². The van der Waals surface area contributed by atoms with Crippen LogP contribution in [0, 0.1) is 0 Å². The van der Waals surface area contributed by atoms with Crippen LogP contribution in [0.1, 0.15) is 25.2 Å². The minimum absolute atomic E-state index is 0.0446. The maximum atomic E-state index is 12.2. The molecule has 2 atom stereocenters. The van der Waals surface area contributed by atoms with Gasteiger partial charge in [0.1, 0.15) is 0 Å². The molecule has 0 aliphatic carbocycles. The molecule has 2 unspecified atom stereocenters. The third-order valence-corrected chi connectivity index (χ3v) is 4.08. The van der Waals surface area contributed by atoms with E-state index in [4.69, 9.17) is 5.11 Å². The van der Waals surface area contributed by atoms with Crippen LogP contribution in [-0.2, 0) is 4.79 Å². The van der Waals surface area contributed by atoms with Crippen LogP contribution in [0.25, 0.3) is 0 Å². The van der Waals surface area contributed by atoms with Gasteiger partial charge in [0.2, 0.25) is 0 Å². The number of urea groups is 1. The second-order valence-corrected chi connectivity index (χ2v) is 5.61. The summed E-state index contributed by atoms with van der Waals surface area (Å²) in [5.74, 6) is 0.928. The van der Waals surface area contributed by atoms with Crippen LogP contribution in [0.4, 0.5) is 4.79 Å². The Bertz CT molecular complexity index is 468. The second-order valence-electron chi connectivity index (χ2n) is 4.46. The average Bonchev–Trinajstić information content (AvgIpc) is 2.92. The number of amides is 2. The van der Waals surface area contributed by atoms with E-state index in [0.717, 1.165) is 5.75 Å². The van der Waals surface area contributed by atoms with Gasteiger partial charge in [-0.15, -0.1) is 10.2 Å². The Labute approximate surface area is 119 Å². The van der Waals surface area contributed by atoms with Gasteiger partial charge in [-0.25, -0.2) is 4.79 Å². The molecule has 1 aromatic heterocycles. The van der Waals surface area contributed by atoms with Crippen LogP contribution in [0.2, 0.25) is 0 Å². The average molecular weight is 300 g/mol. The Morgan fingerprint density at radius 3 is 3.10 bits per heavy atom. The van der Waals surface area contributed by atoms with E-state index in [2.05, 4.69) is 25.9 Å². The highest BCUT2D eigenvalue weighted by atomic mass is 32.2. The van der Waals surface area contributed by atoms with Crippen molar-refractivity contribution in [1.29, 1.82) is 0 Å². The van der Waals surface area contributed by atoms with E-state index in [-0.39, 0.29) is 24.5 Å². The molecule has 0 spiro atoms. The molecule has 1 aliphatic rings. The lowest BCUT2D eigenvalue weighted by Gasteiger charge is -2.35. The van der Waals surface area contributed by atoms with Crippen molar-refractivity contribution in [2.45, 2.75) is 25.4 Å². The number of carbonyl (C=O) groups excluding carboxylic acids is 1. The van der Waals surface area contributed by atoms with Gasteiger partial charge in [-0.05, 0) is 6.92 Å². The topological polar surface area (TPSA) is 124 Å². The molecule has 0 aromatic carbocycles. The number of aromatic nitrogens is 4. The molecular formula is C10H16N6O3S. The number of carboxylic acids is 1. The van der Waals surface area contributed by atoms with E-state index in [1.54, 1.807) is 23.6 Å². The fourth-order valence-electron chi connectivity index (χ4n) is 1.98. The molecule has 9 nitrogen and oxygen atoms in total. The largest absolute Gasteiger partial charge is 0.481 e. The van der Waals surface area contributed by atoms with E-state index in [9.17, 15) is 9.59 Å². The van der Waals surface area contributed by atoms with E-state index < -0.39 is 5.97 Å². The Morgan fingerprint density at radius 2 is 2.45 bits per heavy atom. The number of tetrazole rings is 1. The van der Waals surface area contributed by atoms with Crippen molar-refractivity contribution in [3.63, 3.8) is 0 Å². The molecule has 2 amide bonds. The van der Waals surface area contributed by atoms with Gasteiger partial charge in [0.15, 0.2) is 5.82 Å². The van der Waals surface area contributed by atoms with Gasteiger partial charge in [-0.1, -0.05) is 5.21 Å². The number of nitrogens with one attached hydrogen (secondary N) is 2. The monoisotopic (exact) mass is 300 g/mol. The smallest absolute Gasteiger partial charge is 0.318 e. The van der Waals surface area contributed by atoms with Gasteiger partial charge < -0.3 is 15.3 Å². The third kappa shape index (κ3) is 3.59. The lowest BCUT2D eigenvalue weighted by Crippen LogP contribution is -2.51. The van der Waals surface area contributed by atoms with Gasteiger partial charge in [-0.3, -0.25) is 4.79 Å². The first-order valence-electron chi connectivity index (χ1n) is 6.18. The van der Waals surface area contributed by atoms with Gasteiger partial charge in [0, 0.05) is 18.1 Å². The Balaban J connectivity index is 1.97. The second kappa shape index (κ2) is 6.55. The van der Waals surface area contributed by atoms with Crippen molar-refractivity contribution < 1.29 is 14.7 Å². The molecule has 2 rings (SSSR count). The standard InChI is InChI=1S/C10H16N6O3S/c1-6(9-12-14-15-13-9)11-10(19)16-2-3-20-5-7(16)4-8(17)18/h6-7H,2-5H2,1H3,(H,11,19)(H,17,18)(H,12,13,14,15). The zero-order chi connectivity index (χ0) is 14.5. The van der Waals surface area contributed by atoms with Gasteiger partial charge >= 0.3 is 12.0 Å². The summed E-state index contributed by atoms with van der Waals surface area (Å²) in [6, 6.07) is -0.973. The number of aromatic amines is 1. The van der Waals surface area contributed by atoms with Crippen LogP contribution >= 0.6 is 11.8 Å². The van der Waals surface area contributed by atoms with Crippen molar-refractivity contribution in [2.24, 2.45) is 0 Å². The van der Waals surface area contributed by atoms with Crippen LogP contribution in [-0.4, -0.2) is 66.7 Å². The molecule has 1 aromatic rings. The number of H-pyrrole nitrogens is 1. The summed E-state index contributed by atoms with van der Waals surface area (Å²) in [7, 11) is 0. The summed E-state index contributed by atoms with van der Waals surface area (Å²) in [6.45, 7) is 2.28. The molecular weight excluding hydrogens is 284 g/mol. The molecule has 0 saturated carbocycles. The SMILES string of the molecule is CC(NC(=O)N1CCSCC1CC(=O)O)c1nn[nH]n1. The molecule has 1 aliphatic heterocycles. The number of aliphatic carboxylic acids is 1. The fraction of sp³-hybridized carbons (Fsp3) is 0.700. The highest BCUT2D eigenvalue weighted by Crippen LogP contribution is 2.19. The van der Waals surface area contributed by atoms with E-state index >= 15 is 0 Å². The summed E-state index contributed by atoms with van der Waals surface area (Å²) >= 11 is 1.66. The molecule has 1 fully saturated rings. The van der Waals surface area contributed by atoms with Gasteiger partial charge in [0.05, 0.1) is 18.5 Å². The predicted octanol–water partition coefficient (Wildman–Crippen LogP) is -0.138. The molecule has 3 N–H and O–H groups in total. The Morgan fingerprint density at radius 1 is 1.65 bits per heavy atom. The van der Waals surface area contributed by atoms with E-state index in [1.165, 1.54) is 0 Å². The summed E-state index contributed by atoms with van der Waals surface area (Å²) in [6.07, 6.45) is -0.0446. The summed E-state index contributed by atoms with van der Waals surface area (Å²) in [4.78, 5) is 24.6. The van der Waals surface area contributed by atoms with Crippen molar-refractivity contribution in [3.05, 3.63) is 5.82 Å². The Kier molecular flexibility index (Phi) is 4.77. The van der Waals surface area contributed by atoms with Crippen molar-refractivity contribution in [3.8, 4) is 0 Å². The summed E-state index contributed by atoms with van der Waals surface area (Å²) in [5, 5.41) is 25.0. The first kappa shape index (κ1) is 14.6. The molecule has 1 saturated heterocycles. The normalized spacial score (nSPS) is 20.4. The van der Waals surface area contributed by atoms with Crippen molar-refractivity contribution in [2.75, 3.05) is 18.1 Å². The number of nitrogens with zero attached hydrogens (tertiary/aromatic N) is 4. The molecule has 0 radical (unpaired) electrons. The number of carboxylic acid groups (broad SMARTS) is 1. The van der Waals surface area contributed by atoms with Crippen molar-refractivity contribution >= 4 is 23.8 Å². The lowest BCUT2D eigenvalue weighted by atomic mass is 10.2. The molecule has 10 heteroatoms. The van der Waals surface area contributed by atoms with Gasteiger partial charge in [-0.2, -0.15) is 17.0 Å². The van der Waals surface area contributed by atoms with Crippen LogP contribution in [0.3, 0.4) is 0 Å². The maximum absolute atomic E-state index is 12.2. The first-order valence-corrected chi connectivity index (χ1v) is 7.33. The molecule has 0 bridgehead atoms. The highest BCUT2D eigenvalue weighted by molar-refractivity contribution is 7.99. The summed E-state index contributed by atoms with van der Waals surface area (Å²) < 4.78 is 0. The number of thioether (sulfide) groups is 1. The zero-order valence-electron chi connectivity index (χ0n) is 10.9. The zero-order valence-corrected chi connectivity index (χ0v) is 11.8. The number of rotatable bonds is 4. The highest BCUT2D eigenvalue weighted by Gasteiger charge is 2.30. The van der Waals surface area contributed by atoms with E-state index in [1.807, 2.05) is 0 Å². The molecule has 20 heavy (non-hydrogen) atoms. The fourth-order valence-corrected chi connectivity index (χ4v) is 3.04. The van der Waals surface area contributed by atoms with Gasteiger partial charge in [0.25, 0.3) is 0 Å². The molecule has 110 valence electrons. The Hall–Kier alpha value is -1.84. The number of hydrogen-bond donors (Lipinski definition) is 3. The minimum Gasteiger partial charge on any atom is -0.481 e. The maximum Gasteiger partial charge on any atom is 0.318 e. The summed E-state index contributed by atoms with van der Waals surface area (Å²) in [5.41, 5.74) is 0. The lowest BCUT2D eigenvalue weighted by molar-refractivity contribution is -0.138. The minimum atomic E-state index is -0.901.